The second kappa shape index (κ2) is 10.0. The SMILES string of the molecule is Nc1ncc(-c2cc(Nc3ccc(OC4CCNCC4)nc3)nc(N3CCOCC3)n2)c(N)n1. The quantitative estimate of drug-likeness (QED) is 0.413. The Bertz CT molecular complexity index is 1120. The minimum atomic E-state index is 0.111. The first kappa shape index (κ1) is 22.0. The van der Waals surface area contributed by atoms with Crippen LogP contribution in [0.2, 0.25) is 0 Å². The number of ether oxygens (including phenoxy) is 2. The zero-order chi connectivity index (χ0) is 23.3. The molecule has 0 saturated carbocycles. The molecule has 3 aromatic heterocycles. The second-order valence-corrected chi connectivity index (χ2v) is 8.14. The van der Waals surface area contributed by atoms with Crippen LogP contribution < -0.4 is 31.7 Å². The molecule has 34 heavy (non-hydrogen) atoms. The lowest BCUT2D eigenvalue weighted by Gasteiger charge is -2.27. The molecule has 0 radical (unpaired) electrons. The molecule has 0 amide bonds. The van der Waals surface area contributed by atoms with Gasteiger partial charge in [0, 0.05) is 31.4 Å². The van der Waals surface area contributed by atoms with E-state index < -0.39 is 0 Å². The van der Waals surface area contributed by atoms with Crippen molar-refractivity contribution in [3.05, 3.63) is 30.6 Å². The van der Waals surface area contributed by atoms with Crippen molar-refractivity contribution in [1.29, 1.82) is 0 Å². The molecule has 12 nitrogen and oxygen atoms in total. The lowest BCUT2D eigenvalue weighted by molar-refractivity contribution is 0.122. The van der Waals surface area contributed by atoms with Crippen molar-refractivity contribution < 1.29 is 9.47 Å². The van der Waals surface area contributed by atoms with Crippen LogP contribution in [-0.2, 0) is 4.74 Å². The first-order valence-corrected chi connectivity index (χ1v) is 11.3. The third kappa shape index (κ3) is 5.24. The first-order valence-electron chi connectivity index (χ1n) is 11.3. The molecule has 0 aliphatic carbocycles. The maximum Gasteiger partial charge on any atom is 0.228 e. The highest BCUT2D eigenvalue weighted by atomic mass is 16.5. The fourth-order valence-electron chi connectivity index (χ4n) is 3.90. The minimum absolute atomic E-state index is 0.111. The molecule has 0 atom stereocenters. The van der Waals surface area contributed by atoms with Crippen LogP contribution in [0, 0.1) is 0 Å². The monoisotopic (exact) mass is 464 g/mol. The van der Waals surface area contributed by atoms with Gasteiger partial charge in [0.2, 0.25) is 17.8 Å². The number of aromatic nitrogens is 5. The Morgan fingerprint density at radius 1 is 1.03 bits per heavy atom. The van der Waals surface area contributed by atoms with E-state index in [0.29, 0.717) is 55.2 Å². The van der Waals surface area contributed by atoms with Gasteiger partial charge in [-0.25, -0.2) is 15.0 Å². The third-order valence-electron chi connectivity index (χ3n) is 5.70. The Hall–Kier alpha value is -3.77. The maximum absolute atomic E-state index is 6.10. The number of hydrogen-bond donors (Lipinski definition) is 4. The summed E-state index contributed by atoms with van der Waals surface area (Å²) in [4.78, 5) is 24.1. The summed E-state index contributed by atoms with van der Waals surface area (Å²) >= 11 is 0. The van der Waals surface area contributed by atoms with E-state index in [1.807, 2.05) is 12.1 Å². The van der Waals surface area contributed by atoms with E-state index in [2.05, 4.69) is 30.5 Å². The summed E-state index contributed by atoms with van der Waals surface area (Å²) in [6.45, 7) is 4.56. The molecular weight excluding hydrogens is 436 g/mol. The summed E-state index contributed by atoms with van der Waals surface area (Å²) in [5.74, 6) is 2.14. The number of rotatable bonds is 6. The van der Waals surface area contributed by atoms with Gasteiger partial charge in [0.05, 0.1) is 36.4 Å². The summed E-state index contributed by atoms with van der Waals surface area (Å²) in [7, 11) is 0. The summed E-state index contributed by atoms with van der Waals surface area (Å²) in [5, 5.41) is 6.64. The number of nitrogens with zero attached hydrogens (tertiary/aromatic N) is 6. The van der Waals surface area contributed by atoms with Gasteiger partial charge in [-0.2, -0.15) is 9.97 Å². The molecule has 0 bridgehead atoms. The maximum atomic E-state index is 6.10. The fourth-order valence-corrected chi connectivity index (χ4v) is 3.90. The van der Waals surface area contributed by atoms with Gasteiger partial charge >= 0.3 is 0 Å². The molecule has 0 aromatic carbocycles. The van der Waals surface area contributed by atoms with E-state index in [1.165, 1.54) is 0 Å². The Morgan fingerprint density at radius 3 is 2.59 bits per heavy atom. The number of anilines is 5. The highest BCUT2D eigenvalue weighted by molar-refractivity contribution is 5.74. The van der Waals surface area contributed by atoms with E-state index in [-0.39, 0.29) is 17.9 Å². The largest absolute Gasteiger partial charge is 0.474 e. The number of nitrogens with two attached hydrogens (primary N) is 2. The lowest BCUT2D eigenvalue weighted by atomic mass is 10.1. The average molecular weight is 465 g/mol. The van der Waals surface area contributed by atoms with E-state index in [1.54, 1.807) is 18.5 Å². The molecule has 5 rings (SSSR count). The molecule has 2 aliphatic heterocycles. The molecular formula is C22H28N10O2. The van der Waals surface area contributed by atoms with Crippen LogP contribution in [0.15, 0.2) is 30.6 Å². The van der Waals surface area contributed by atoms with Crippen molar-refractivity contribution in [2.24, 2.45) is 0 Å². The smallest absolute Gasteiger partial charge is 0.228 e. The minimum Gasteiger partial charge on any atom is -0.474 e. The summed E-state index contributed by atoms with van der Waals surface area (Å²) in [6, 6.07) is 5.58. The Balaban J connectivity index is 1.39. The van der Waals surface area contributed by atoms with Crippen molar-refractivity contribution in [3.8, 4) is 17.1 Å². The summed E-state index contributed by atoms with van der Waals surface area (Å²) in [5.41, 5.74) is 13.7. The van der Waals surface area contributed by atoms with Crippen LogP contribution in [0.1, 0.15) is 12.8 Å². The van der Waals surface area contributed by atoms with Crippen molar-refractivity contribution in [1.82, 2.24) is 30.2 Å². The molecule has 3 aromatic rings. The molecule has 12 heteroatoms. The van der Waals surface area contributed by atoms with Crippen molar-refractivity contribution in [3.63, 3.8) is 0 Å². The van der Waals surface area contributed by atoms with Gasteiger partial charge in [-0.15, -0.1) is 0 Å². The highest BCUT2D eigenvalue weighted by Crippen LogP contribution is 2.28. The van der Waals surface area contributed by atoms with Crippen LogP contribution >= 0.6 is 0 Å². The van der Waals surface area contributed by atoms with Crippen LogP contribution in [0.25, 0.3) is 11.3 Å². The normalized spacial score (nSPS) is 16.9. The van der Waals surface area contributed by atoms with E-state index >= 15 is 0 Å². The highest BCUT2D eigenvalue weighted by Gasteiger charge is 2.19. The van der Waals surface area contributed by atoms with Gasteiger partial charge in [0.15, 0.2) is 0 Å². The average Bonchev–Trinajstić information content (AvgIpc) is 2.86. The van der Waals surface area contributed by atoms with Crippen LogP contribution in [0.5, 0.6) is 5.88 Å². The number of hydrogen-bond acceptors (Lipinski definition) is 12. The lowest BCUT2D eigenvalue weighted by Crippen LogP contribution is -2.37. The Labute approximate surface area is 197 Å². The van der Waals surface area contributed by atoms with Gasteiger partial charge < -0.3 is 36.5 Å². The molecule has 2 aliphatic rings. The molecule has 178 valence electrons. The first-order chi connectivity index (χ1) is 16.6. The second-order valence-electron chi connectivity index (χ2n) is 8.14. The van der Waals surface area contributed by atoms with E-state index in [0.717, 1.165) is 31.6 Å². The van der Waals surface area contributed by atoms with E-state index in [4.69, 9.17) is 30.9 Å². The zero-order valence-corrected chi connectivity index (χ0v) is 18.8. The van der Waals surface area contributed by atoms with Crippen LogP contribution in [0.4, 0.5) is 29.2 Å². The number of pyridine rings is 1. The molecule has 6 N–H and O–H groups in total. The van der Waals surface area contributed by atoms with Crippen molar-refractivity contribution in [2.75, 3.05) is 61.1 Å². The standard InChI is InChI=1S/C22H28N10O2/c23-20-16(13-27-21(24)31-20)17-11-18(30-22(29-17)32-7-9-33-10-8-32)28-14-1-2-19(26-12-14)34-15-3-5-25-6-4-15/h1-2,11-13,15,25H,3-10H2,(H,28,29,30)(H4,23,24,27,31). The zero-order valence-electron chi connectivity index (χ0n) is 18.8. The third-order valence-corrected chi connectivity index (χ3v) is 5.70. The summed E-state index contributed by atoms with van der Waals surface area (Å²) in [6.07, 6.45) is 5.45. The number of morpholine rings is 1. The summed E-state index contributed by atoms with van der Waals surface area (Å²) < 4.78 is 11.5. The Kier molecular flexibility index (Phi) is 6.49. The van der Waals surface area contributed by atoms with Gasteiger partial charge in [0.25, 0.3) is 0 Å². The van der Waals surface area contributed by atoms with Crippen LogP contribution in [-0.4, -0.2) is 70.4 Å². The number of nitrogen functional groups attached to an aromatic ring is 2. The van der Waals surface area contributed by atoms with Crippen molar-refractivity contribution >= 4 is 29.2 Å². The number of nitrogens with one attached hydrogen (secondary N) is 2. The van der Waals surface area contributed by atoms with E-state index in [9.17, 15) is 0 Å². The van der Waals surface area contributed by atoms with Crippen molar-refractivity contribution in [2.45, 2.75) is 18.9 Å². The molecule has 0 spiro atoms. The van der Waals surface area contributed by atoms with Crippen LogP contribution in [0.3, 0.4) is 0 Å². The van der Waals surface area contributed by atoms with Gasteiger partial charge in [-0.1, -0.05) is 0 Å². The topological polar surface area (TPSA) is 162 Å². The molecule has 2 saturated heterocycles. The molecule has 0 unspecified atom stereocenters. The molecule has 2 fully saturated rings. The van der Waals surface area contributed by atoms with Gasteiger partial charge in [-0.05, 0) is 32.0 Å². The molecule has 5 heterocycles. The van der Waals surface area contributed by atoms with Gasteiger partial charge in [-0.3, -0.25) is 0 Å². The fraction of sp³-hybridized carbons (Fsp3) is 0.409. The van der Waals surface area contributed by atoms with Gasteiger partial charge in [0.1, 0.15) is 17.7 Å². The predicted molar refractivity (Wildman–Crippen MR) is 129 cm³/mol. The Morgan fingerprint density at radius 2 is 1.85 bits per heavy atom. The number of piperidine rings is 1. The predicted octanol–water partition coefficient (Wildman–Crippen LogP) is 1.20.